The summed E-state index contributed by atoms with van der Waals surface area (Å²) in [5.41, 5.74) is 1.93. The maximum atomic E-state index is 12.3. The Balaban J connectivity index is 1.58. The van der Waals surface area contributed by atoms with Crippen LogP contribution in [0, 0.1) is 13.8 Å². The van der Waals surface area contributed by atoms with Gasteiger partial charge in [0.1, 0.15) is 30.0 Å². The molecule has 0 radical (unpaired) electrons. The van der Waals surface area contributed by atoms with Crippen molar-refractivity contribution in [2.75, 3.05) is 25.5 Å². The Bertz CT molecular complexity index is 1050. The lowest BCUT2D eigenvalue weighted by Gasteiger charge is -2.10. The monoisotopic (exact) mass is 402 g/mol. The van der Waals surface area contributed by atoms with Crippen LogP contribution in [0.3, 0.4) is 0 Å². The fraction of sp³-hybridized carbons (Fsp3) is 0.278. The first-order valence-electron chi connectivity index (χ1n) is 8.61. The quantitative estimate of drug-likeness (QED) is 0.552. The van der Waals surface area contributed by atoms with Gasteiger partial charge in [0, 0.05) is 24.8 Å². The van der Waals surface area contributed by atoms with Crippen LogP contribution < -0.4 is 14.8 Å². The lowest BCUT2D eigenvalue weighted by Crippen LogP contribution is -2.29. The number of nitrogens with zero attached hydrogens (tertiary/aromatic N) is 4. The molecule has 10 heteroatoms. The molecule has 2 aromatic heterocycles. The number of methoxy groups -OCH3 is 1. The first-order valence-corrected chi connectivity index (χ1v) is 10.1. The third kappa shape index (κ3) is 4.46. The van der Waals surface area contributed by atoms with Crippen LogP contribution in [0.2, 0.25) is 0 Å². The van der Waals surface area contributed by atoms with Crippen LogP contribution in [-0.4, -0.2) is 48.1 Å². The van der Waals surface area contributed by atoms with E-state index in [1.165, 1.54) is 25.6 Å². The zero-order chi connectivity index (χ0) is 20.1. The van der Waals surface area contributed by atoms with E-state index in [1.807, 2.05) is 18.4 Å². The number of aromatic nitrogens is 4. The minimum absolute atomic E-state index is 0.184. The van der Waals surface area contributed by atoms with Crippen LogP contribution in [-0.2, 0) is 10.0 Å². The van der Waals surface area contributed by atoms with E-state index in [0.717, 1.165) is 11.4 Å². The maximum absolute atomic E-state index is 12.3. The fourth-order valence-electron chi connectivity index (χ4n) is 2.52. The van der Waals surface area contributed by atoms with Gasteiger partial charge in [-0.05, 0) is 38.1 Å². The van der Waals surface area contributed by atoms with Crippen molar-refractivity contribution in [2.45, 2.75) is 18.7 Å². The predicted octanol–water partition coefficient (Wildman–Crippen LogP) is 1.68. The molecule has 1 aromatic carbocycles. The van der Waals surface area contributed by atoms with Crippen molar-refractivity contribution in [1.82, 2.24) is 24.2 Å². The molecule has 0 fully saturated rings. The van der Waals surface area contributed by atoms with Gasteiger partial charge in [-0.3, -0.25) is 4.57 Å². The highest BCUT2D eigenvalue weighted by Crippen LogP contribution is 2.15. The van der Waals surface area contributed by atoms with E-state index < -0.39 is 10.0 Å². The highest BCUT2D eigenvalue weighted by molar-refractivity contribution is 7.89. The second kappa shape index (κ2) is 8.36. The van der Waals surface area contributed by atoms with Gasteiger partial charge < -0.3 is 10.1 Å². The molecular weight excluding hydrogens is 380 g/mol. The summed E-state index contributed by atoms with van der Waals surface area (Å²) >= 11 is 0. The summed E-state index contributed by atoms with van der Waals surface area (Å²) < 4.78 is 34.1. The van der Waals surface area contributed by atoms with Crippen molar-refractivity contribution in [2.24, 2.45) is 0 Å². The van der Waals surface area contributed by atoms with Crippen LogP contribution in [0.4, 0.5) is 5.82 Å². The summed E-state index contributed by atoms with van der Waals surface area (Å²) in [7, 11) is -2.06. The molecule has 0 spiro atoms. The molecule has 3 aromatic rings. The van der Waals surface area contributed by atoms with Crippen molar-refractivity contribution >= 4 is 15.8 Å². The van der Waals surface area contributed by atoms with Crippen LogP contribution in [0.15, 0.2) is 47.9 Å². The number of ether oxygens (including phenoxy) is 1. The molecule has 0 saturated carbocycles. The van der Waals surface area contributed by atoms with E-state index in [1.54, 1.807) is 24.5 Å². The molecule has 0 unspecified atom stereocenters. The van der Waals surface area contributed by atoms with Crippen LogP contribution in [0.5, 0.6) is 5.75 Å². The number of sulfonamides is 1. The lowest BCUT2D eigenvalue weighted by atomic mass is 10.3. The van der Waals surface area contributed by atoms with Crippen LogP contribution in [0.1, 0.15) is 11.4 Å². The van der Waals surface area contributed by atoms with E-state index in [2.05, 4.69) is 25.0 Å². The van der Waals surface area contributed by atoms with Crippen molar-refractivity contribution in [3.8, 4) is 11.6 Å². The summed E-state index contributed by atoms with van der Waals surface area (Å²) in [5, 5.41) is 3.09. The van der Waals surface area contributed by atoms with Gasteiger partial charge in [-0.1, -0.05) is 0 Å². The number of hydrogen-bond acceptors (Lipinski definition) is 7. The van der Waals surface area contributed by atoms with Crippen LogP contribution in [0.25, 0.3) is 5.82 Å². The molecule has 148 valence electrons. The highest BCUT2D eigenvalue weighted by atomic mass is 32.2. The Morgan fingerprint density at radius 1 is 1.07 bits per heavy atom. The molecule has 0 aliphatic rings. The Kier molecular flexibility index (Phi) is 5.90. The largest absolute Gasteiger partial charge is 0.497 e. The number of anilines is 1. The molecule has 0 saturated heterocycles. The third-order valence-electron chi connectivity index (χ3n) is 4.24. The summed E-state index contributed by atoms with van der Waals surface area (Å²) in [6, 6.07) is 8.00. The van der Waals surface area contributed by atoms with Gasteiger partial charge in [-0.2, -0.15) is 0 Å². The van der Waals surface area contributed by atoms with E-state index in [4.69, 9.17) is 4.74 Å². The second-order valence-electron chi connectivity index (χ2n) is 6.05. The predicted molar refractivity (Wildman–Crippen MR) is 105 cm³/mol. The molecule has 0 aliphatic carbocycles. The summed E-state index contributed by atoms with van der Waals surface area (Å²) in [4.78, 5) is 12.9. The van der Waals surface area contributed by atoms with Crippen LogP contribution >= 0.6 is 0 Å². The van der Waals surface area contributed by atoms with Gasteiger partial charge in [0.05, 0.1) is 17.7 Å². The average Bonchev–Trinajstić information content (AvgIpc) is 3.04. The molecule has 28 heavy (non-hydrogen) atoms. The number of hydrogen-bond donors (Lipinski definition) is 2. The number of aryl methyl sites for hydroxylation is 1. The average molecular weight is 402 g/mol. The number of rotatable bonds is 8. The van der Waals surface area contributed by atoms with Crippen molar-refractivity contribution < 1.29 is 13.2 Å². The van der Waals surface area contributed by atoms with E-state index in [9.17, 15) is 8.42 Å². The smallest absolute Gasteiger partial charge is 0.240 e. The molecule has 0 aliphatic heterocycles. The van der Waals surface area contributed by atoms with Gasteiger partial charge in [-0.25, -0.2) is 28.1 Å². The van der Waals surface area contributed by atoms with Gasteiger partial charge in [0.15, 0.2) is 0 Å². The second-order valence-corrected chi connectivity index (χ2v) is 7.81. The Morgan fingerprint density at radius 2 is 1.82 bits per heavy atom. The summed E-state index contributed by atoms with van der Waals surface area (Å²) in [6.45, 7) is 4.47. The van der Waals surface area contributed by atoms with Crippen molar-refractivity contribution in [3.05, 3.63) is 54.4 Å². The summed E-state index contributed by atoms with van der Waals surface area (Å²) in [5.74, 6) is 1.89. The molecule has 9 nitrogen and oxygen atoms in total. The van der Waals surface area contributed by atoms with Gasteiger partial charge in [-0.15, -0.1) is 0 Å². The Labute approximate surface area is 163 Å². The zero-order valence-corrected chi connectivity index (χ0v) is 16.7. The third-order valence-corrected chi connectivity index (χ3v) is 5.72. The van der Waals surface area contributed by atoms with Crippen molar-refractivity contribution in [1.29, 1.82) is 0 Å². The lowest BCUT2D eigenvalue weighted by molar-refractivity contribution is 0.414. The summed E-state index contributed by atoms with van der Waals surface area (Å²) in [6.07, 6.45) is 3.16. The molecule has 0 atom stereocenters. The minimum atomic E-state index is -3.58. The first-order chi connectivity index (χ1) is 13.4. The van der Waals surface area contributed by atoms with Gasteiger partial charge in [0.25, 0.3) is 0 Å². The van der Waals surface area contributed by atoms with Gasteiger partial charge in [0.2, 0.25) is 10.0 Å². The maximum Gasteiger partial charge on any atom is 0.240 e. The fourth-order valence-corrected chi connectivity index (χ4v) is 3.55. The highest BCUT2D eigenvalue weighted by Gasteiger charge is 2.13. The normalized spacial score (nSPS) is 11.4. The molecule has 0 bridgehead atoms. The molecule has 3 rings (SSSR count). The molecular formula is C18H22N6O3S. The SMILES string of the molecule is COc1ccc(S(=O)(=O)NCCNc2cc(-n3cnc(C)c3C)ncn2)cc1. The standard InChI is InChI=1S/C18H22N6O3S/c1-13-14(2)24(12-22-13)18-10-17(20-11-21-18)19-8-9-23-28(25,26)16-6-4-15(27-3)5-7-16/h4-7,10-12,23H,8-9H2,1-3H3,(H,19,20,21). The van der Waals surface area contributed by atoms with E-state index >= 15 is 0 Å². The van der Waals surface area contributed by atoms with Gasteiger partial charge >= 0.3 is 0 Å². The zero-order valence-electron chi connectivity index (χ0n) is 15.9. The minimum Gasteiger partial charge on any atom is -0.497 e. The Hall–Kier alpha value is -2.98. The first kappa shape index (κ1) is 19.8. The molecule has 2 N–H and O–H groups in total. The molecule has 2 heterocycles. The van der Waals surface area contributed by atoms with E-state index in [-0.39, 0.29) is 11.4 Å². The number of nitrogens with one attached hydrogen (secondary N) is 2. The van der Waals surface area contributed by atoms with E-state index in [0.29, 0.717) is 23.9 Å². The van der Waals surface area contributed by atoms with Crippen molar-refractivity contribution in [3.63, 3.8) is 0 Å². The number of benzene rings is 1. The Morgan fingerprint density at radius 3 is 2.46 bits per heavy atom. The number of imidazole rings is 1. The topological polar surface area (TPSA) is 111 Å². The molecule has 0 amide bonds.